The van der Waals surface area contributed by atoms with Gasteiger partial charge >= 0.3 is 0 Å². The zero-order chi connectivity index (χ0) is 8.27. The van der Waals surface area contributed by atoms with E-state index >= 15 is 0 Å². The van der Waals surface area contributed by atoms with Crippen molar-refractivity contribution in [2.75, 3.05) is 0 Å². The Hall–Kier alpha value is -0.900. The van der Waals surface area contributed by atoms with Crippen LogP contribution in [0.2, 0.25) is 0 Å². The van der Waals surface area contributed by atoms with E-state index < -0.39 is 0 Å². The summed E-state index contributed by atoms with van der Waals surface area (Å²) >= 11 is 0. The van der Waals surface area contributed by atoms with Gasteiger partial charge in [0.2, 0.25) is 5.89 Å². The molecule has 0 unspecified atom stereocenters. The Bertz CT molecular complexity index is 220. The molecule has 0 bridgehead atoms. The van der Waals surface area contributed by atoms with E-state index in [4.69, 9.17) is 9.63 Å². The number of hydrogen-bond donors (Lipinski definition) is 1. The first-order chi connectivity index (χ1) is 5.22. The molecule has 0 aliphatic heterocycles. The first-order valence-corrected chi connectivity index (χ1v) is 3.64. The quantitative estimate of drug-likeness (QED) is 0.701. The molecule has 0 aliphatic carbocycles. The molecule has 0 aromatic carbocycles. The van der Waals surface area contributed by atoms with Crippen molar-refractivity contribution in [2.24, 2.45) is 5.92 Å². The van der Waals surface area contributed by atoms with Crippen molar-refractivity contribution in [1.29, 1.82) is 0 Å². The summed E-state index contributed by atoms with van der Waals surface area (Å²) < 4.78 is 4.85. The predicted molar refractivity (Wildman–Crippen MR) is 38.8 cm³/mol. The van der Waals surface area contributed by atoms with Gasteiger partial charge in [-0.3, -0.25) is 0 Å². The molecule has 1 rings (SSSR count). The molecule has 0 saturated carbocycles. The van der Waals surface area contributed by atoms with Gasteiger partial charge in [-0.15, -0.1) is 0 Å². The van der Waals surface area contributed by atoms with Gasteiger partial charge in [-0.25, -0.2) is 0 Å². The van der Waals surface area contributed by atoms with Gasteiger partial charge < -0.3 is 9.63 Å². The average molecular weight is 156 g/mol. The lowest BCUT2D eigenvalue weighted by molar-refractivity contribution is 0.262. The third-order valence-corrected chi connectivity index (χ3v) is 1.23. The van der Waals surface area contributed by atoms with Crippen LogP contribution in [0.4, 0.5) is 0 Å². The largest absolute Gasteiger partial charge is 0.388 e. The topological polar surface area (TPSA) is 59.2 Å². The molecular weight excluding hydrogens is 144 g/mol. The van der Waals surface area contributed by atoms with Crippen molar-refractivity contribution in [2.45, 2.75) is 26.9 Å². The van der Waals surface area contributed by atoms with Gasteiger partial charge in [0, 0.05) is 6.42 Å². The van der Waals surface area contributed by atoms with E-state index in [0.717, 1.165) is 6.42 Å². The van der Waals surface area contributed by atoms with Gasteiger partial charge in [-0.1, -0.05) is 19.0 Å². The molecule has 4 nitrogen and oxygen atoms in total. The van der Waals surface area contributed by atoms with Crippen LogP contribution in [0.25, 0.3) is 0 Å². The number of rotatable bonds is 3. The Morgan fingerprint density at radius 1 is 1.55 bits per heavy atom. The third kappa shape index (κ3) is 2.31. The monoisotopic (exact) mass is 156 g/mol. The smallest absolute Gasteiger partial charge is 0.226 e. The Morgan fingerprint density at radius 2 is 2.27 bits per heavy atom. The van der Waals surface area contributed by atoms with Crippen LogP contribution < -0.4 is 0 Å². The number of aliphatic hydroxyl groups is 1. The summed E-state index contributed by atoms with van der Waals surface area (Å²) in [6, 6.07) is 0. The van der Waals surface area contributed by atoms with Crippen LogP contribution in [0, 0.1) is 5.92 Å². The van der Waals surface area contributed by atoms with Crippen molar-refractivity contribution in [3.8, 4) is 0 Å². The average Bonchev–Trinajstić information content (AvgIpc) is 2.34. The first-order valence-electron chi connectivity index (χ1n) is 3.64. The van der Waals surface area contributed by atoms with E-state index in [1.807, 2.05) is 0 Å². The minimum Gasteiger partial charge on any atom is -0.388 e. The molecule has 0 radical (unpaired) electrons. The normalized spacial score (nSPS) is 10.9. The third-order valence-electron chi connectivity index (χ3n) is 1.23. The van der Waals surface area contributed by atoms with Crippen molar-refractivity contribution in [1.82, 2.24) is 10.1 Å². The van der Waals surface area contributed by atoms with Gasteiger partial charge in [0.05, 0.1) is 0 Å². The van der Waals surface area contributed by atoms with Gasteiger partial charge in [0.1, 0.15) is 6.61 Å². The second-order valence-electron chi connectivity index (χ2n) is 2.86. The molecule has 1 aromatic rings. The summed E-state index contributed by atoms with van der Waals surface area (Å²) in [5.41, 5.74) is 0. The lowest BCUT2D eigenvalue weighted by Crippen LogP contribution is -1.94. The SMILES string of the molecule is CC(C)Cc1nc(CO)no1. The molecule has 1 heterocycles. The van der Waals surface area contributed by atoms with Gasteiger partial charge in [0.25, 0.3) is 0 Å². The van der Waals surface area contributed by atoms with Crippen LogP contribution in [0.1, 0.15) is 25.6 Å². The maximum absolute atomic E-state index is 8.60. The Morgan fingerprint density at radius 3 is 2.73 bits per heavy atom. The standard InChI is InChI=1S/C7H12N2O2/c1-5(2)3-7-8-6(4-10)9-11-7/h5,10H,3-4H2,1-2H3. The molecule has 0 aliphatic rings. The molecule has 1 aromatic heterocycles. The second-order valence-corrected chi connectivity index (χ2v) is 2.86. The minimum atomic E-state index is -0.151. The maximum Gasteiger partial charge on any atom is 0.226 e. The highest BCUT2D eigenvalue weighted by Gasteiger charge is 2.06. The summed E-state index contributed by atoms with van der Waals surface area (Å²) in [4.78, 5) is 3.94. The van der Waals surface area contributed by atoms with Gasteiger partial charge in [-0.2, -0.15) is 4.98 Å². The highest BCUT2D eigenvalue weighted by Crippen LogP contribution is 2.04. The fourth-order valence-electron chi connectivity index (χ4n) is 0.787. The summed E-state index contributed by atoms with van der Waals surface area (Å²) in [5, 5.41) is 12.2. The van der Waals surface area contributed by atoms with Gasteiger partial charge in [0.15, 0.2) is 5.82 Å². The van der Waals surface area contributed by atoms with Crippen LogP contribution in [0.15, 0.2) is 4.52 Å². The van der Waals surface area contributed by atoms with E-state index in [1.165, 1.54) is 0 Å². The van der Waals surface area contributed by atoms with Crippen LogP contribution in [0.3, 0.4) is 0 Å². The number of aliphatic hydroxyl groups excluding tert-OH is 1. The van der Waals surface area contributed by atoms with Crippen molar-refractivity contribution in [3.63, 3.8) is 0 Å². The fraction of sp³-hybridized carbons (Fsp3) is 0.714. The Kier molecular flexibility index (Phi) is 2.59. The van der Waals surface area contributed by atoms with E-state index in [-0.39, 0.29) is 6.61 Å². The predicted octanol–water partition coefficient (Wildman–Crippen LogP) is 0.760. The summed E-state index contributed by atoms with van der Waals surface area (Å²) in [5.74, 6) is 1.46. The van der Waals surface area contributed by atoms with E-state index in [2.05, 4.69) is 24.0 Å². The van der Waals surface area contributed by atoms with Crippen molar-refractivity contribution >= 4 is 0 Å². The lowest BCUT2D eigenvalue weighted by atomic mass is 10.1. The Labute approximate surface area is 65.2 Å². The first kappa shape index (κ1) is 8.20. The molecule has 0 fully saturated rings. The Balaban J connectivity index is 2.58. The van der Waals surface area contributed by atoms with E-state index in [9.17, 15) is 0 Å². The second kappa shape index (κ2) is 3.48. The summed E-state index contributed by atoms with van der Waals surface area (Å²) in [6.07, 6.45) is 0.771. The van der Waals surface area contributed by atoms with Crippen molar-refractivity contribution in [3.05, 3.63) is 11.7 Å². The molecule has 11 heavy (non-hydrogen) atoms. The van der Waals surface area contributed by atoms with Crippen molar-refractivity contribution < 1.29 is 9.63 Å². The zero-order valence-electron chi connectivity index (χ0n) is 6.74. The molecular formula is C7H12N2O2. The maximum atomic E-state index is 8.60. The summed E-state index contributed by atoms with van der Waals surface area (Å²) in [6.45, 7) is 3.99. The highest BCUT2D eigenvalue weighted by molar-refractivity contribution is 4.84. The molecule has 0 atom stereocenters. The summed E-state index contributed by atoms with van der Waals surface area (Å²) in [7, 11) is 0. The van der Waals surface area contributed by atoms with E-state index in [0.29, 0.717) is 17.6 Å². The molecule has 0 spiro atoms. The lowest BCUT2D eigenvalue weighted by Gasteiger charge is -1.95. The van der Waals surface area contributed by atoms with E-state index in [1.54, 1.807) is 0 Å². The van der Waals surface area contributed by atoms with Crippen LogP contribution >= 0.6 is 0 Å². The zero-order valence-corrected chi connectivity index (χ0v) is 6.74. The number of nitrogens with zero attached hydrogens (tertiary/aromatic N) is 2. The van der Waals surface area contributed by atoms with Crippen LogP contribution in [0.5, 0.6) is 0 Å². The van der Waals surface area contributed by atoms with Crippen LogP contribution in [-0.4, -0.2) is 15.2 Å². The van der Waals surface area contributed by atoms with Gasteiger partial charge in [-0.05, 0) is 5.92 Å². The number of aromatic nitrogens is 2. The minimum absolute atomic E-state index is 0.151. The molecule has 0 amide bonds. The molecule has 0 saturated heterocycles. The molecule has 4 heteroatoms. The molecule has 62 valence electrons. The fourth-order valence-corrected chi connectivity index (χ4v) is 0.787. The highest BCUT2D eigenvalue weighted by atomic mass is 16.5. The number of hydrogen-bond acceptors (Lipinski definition) is 4. The van der Waals surface area contributed by atoms with Crippen LogP contribution in [-0.2, 0) is 13.0 Å². The molecule has 1 N–H and O–H groups in total.